The molecule has 0 saturated heterocycles. The molecule has 2 N–H and O–H groups in total. The summed E-state index contributed by atoms with van der Waals surface area (Å²) in [7, 11) is 0. The minimum atomic E-state index is -0.409. The summed E-state index contributed by atoms with van der Waals surface area (Å²) in [5.74, 6) is 0.924. The largest absolute Gasteiger partial charge is 0.493 e. The first-order valence-electron chi connectivity index (χ1n) is 6.46. The Hall–Kier alpha value is -0.510. The van der Waals surface area contributed by atoms with E-state index >= 15 is 0 Å². The summed E-state index contributed by atoms with van der Waals surface area (Å²) < 4.78 is 19.2. The number of hydrogen-bond donors (Lipinski definition) is 1. The molecule has 0 heterocycles. The van der Waals surface area contributed by atoms with E-state index in [2.05, 4.69) is 0 Å². The maximum atomic E-state index is 13.5. The molecule has 1 saturated carbocycles. The predicted octanol–water partition coefficient (Wildman–Crippen LogP) is 3.97. The van der Waals surface area contributed by atoms with Crippen molar-refractivity contribution in [3.8, 4) is 5.75 Å². The van der Waals surface area contributed by atoms with Crippen LogP contribution in [0.25, 0.3) is 0 Å². The number of hydrogen-bond acceptors (Lipinski definition) is 2. The van der Waals surface area contributed by atoms with Crippen molar-refractivity contribution in [3.63, 3.8) is 0 Å². The van der Waals surface area contributed by atoms with E-state index in [4.69, 9.17) is 22.1 Å². The highest BCUT2D eigenvalue weighted by atomic mass is 35.5. The average molecular weight is 308 g/mol. The molecular formula is C14H20Cl2FNO. The molecule has 0 radical (unpaired) electrons. The Morgan fingerprint density at radius 1 is 1.47 bits per heavy atom. The van der Waals surface area contributed by atoms with Crippen LogP contribution in [0.5, 0.6) is 5.75 Å². The van der Waals surface area contributed by atoms with Gasteiger partial charge in [0, 0.05) is 12.1 Å². The van der Waals surface area contributed by atoms with Crippen LogP contribution < -0.4 is 10.5 Å². The van der Waals surface area contributed by atoms with Gasteiger partial charge in [-0.3, -0.25) is 0 Å². The molecule has 1 atom stereocenters. The zero-order chi connectivity index (χ0) is 13.1. The summed E-state index contributed by atoms with van der Waals surface area (Å²) in [5, 5.41) is 0.106. The van der Waals surface area contributed by atoms with Gasteiger partial charge in [-0.25, -0.2) is 4.39 Å². The number of rotatable bonds is 6. The summed E-state index contributed by atoms with van der Waals surface area (Å²) in [6.45, 7) is 2.71. The summed E-state index contributed by atoms with van der Waals surface area (Å²) in [6, 6.07) is 3.03. The van der Waals surface area contributed by atoms with Crippen molar-refractivity contribution in [2.24, 2.45) is 11.7 Å². The molecule has 0 amide bonds. The molecule has 2 rings (SSSR count). The number of ether oxygens (including phenoxy) is 1. The lowest BCUT2D eigenvalue weighted by molar-refractivity contribution is 0.295. The van der Waals surface area contributed by atoms with Crippen LogP contribution in [0.4, 0.5) is 4.39 Å². The van der Waals surface area contributed by atoms with E-state index in [1.54, 1.807) is 6.07 Å². The number of halogens is 3. The van der Waals surface area contributed by atoms with E-state index in [-0.39, 0.29) is 23.5 Å². The Bertz CT molecular complexity index is 424. The van der Waals surface area contributed by atoms with Crippen molar-refractivity contribution < 1.29 is 9.13 Å². The van der Waals surface area contributed by atoms with E-state index in [1.165, 1.54) is 18.9 Å². The van der Waals surface area contributed by atoms with Crippen molar-refractivity contribution in [1.29, 1.82) is 0 Å². The van der Waals surface area contributed by atoms with Gasteiger partial charge >= 0.3 is 0 Å². The van der Waals surface area contributed by atoms with Crippen LogP contribution in [0.2, 0.25) is 5.02 Å². The molecule has 1 aromatic rings. The standard InChI is InChI=1S/C14H19ClFNO.ClH/c1-2-11(17)5-10-6-13(16)12(15)7-14(10)18-8-9-3-4-9;/h6-7,9,11H,2-5,8,17H2,1H3;1H. The second-order valence-electron chi connectivity index (χ2n) is 5.00. The molecule has 108 valence electrons. The van der Waals surface area contributed by atoms with Gasteiger partial charge in [0.2, 0.25) is 0 Å². The lowest BCUT2D eigenvalue weighted by atomic mass is 10.0. The molecular weight excluding hydrogens is 288 g/mol. The van der Waals surface area contributed by atoms with Crippen LogP contribution in [0.1, 0.15) is 31.7 Å². The van der Waals surface area contributed by atoms with Crippen molar-refractivity contribution in [3.05, 3.63) is 28.5 Å². The van der Waals surface area contributed by atoms with Crippen LogP contribution in [0.15, 0.2) is 12.1 Å². The Morgan fingerprint density at radius 3 is 2.74 bits per heavy atom. The van der Waals surface area contributed by atoms with Gasteiger partial charge in [0.1, 0.15) is 11.6 Å². The molecule has 1 unspecified atom stereocenters. The highest BCUT2D eigenvalue weighted by Gasteiger charge is 2.23. The molecule has 19 heavy (non-hydrogen) atoms. The number of benzene rings is 1. The first-order valence-corrected chi connectivity index (χ1v) is 6.84. The van der Waals surface area contributed by atoms with Crippen molar-refractivity contribution in [2.45, 2.75) is 38.6 Å². The summed E-state index contributed by atoms with van der Waals surface area (Å²) in [4.78, 5) is 0. The van der Waals surface area contributed by atoms with Crippen molar-refractivity contribution in [1.82, 2.24) is 0 Å². The fraction of sp³-hybridized carbons (Fsp3) is 0.571. The van der Waals surface area contributed by atoms with Crippen molar-refractivity contribution >= 4 is 24.0 Å². The molecule has 1 fully saturated rings. The van der Waals surface area contributed by atoms with Crippen LogP contribution in [-0.4, -0.2) is 12.6 Å². The molecule has 1 aliphatic carbocycles. The van der Waals surface area contributed by atoms with Crippen LogP contribution in [0, 0.1) is 11.7 Å². The quantitative estimate of drug-likeness (QED) is 0.863. The molecule has 2 nitrogen and oxygen atoms in total. The van der Waals surface area contributed by atoms with Crippen molar-refractivity contribution in [2.75, 3.05) is 6.61 Å². The number of nitrogens with two attached hydrogens (primary N) is 1. The van der Waals surface area contributed by atoms with E-state index in [0.717, 1.165) is 12.0 Å². The van der Waals surface area contributed by atoms with Gasteiger partial charge < -0.3 is 10.5 Å². The third-order valence-electron chi connectivity index (χ3n) is 3.28. The van der Waals surface area contributed by atoms with Gasteiger partial charge in [-0.2, -0.15) is 0 Å². The maximum Gasteiger partial charge on any atom is 0.142 e. The zero-order valence-electron chi connectivity index (χ0n) is 11.0. The third kappa shape index (κ3) is 4.83. The summed E-state index contributed by atoms with van der Waals surface area (Å²) in [5.41, 5.74) is 6.73. The minimum absolute atomic E-state index is 0. The highest BCUT2D eigenvalue weighted by Crippen LogP contribution is 2.32. The molecule has 0 aliphatic heterocycles. The Balaban J connectivity index is 0.00000180. The highest BCUT2D eigenvalue weighted by molar-refractivity contribution is 6.30. The van der Waals surface area contributed by atoms with E-state index in [1.807, 2.05) is 6.92 Å². The minimum Gasteiger partial charge on any atom is -0.493 e. The van der Waals surface area contributed by atoms with Gasteiger partial charge in [0.05, 0.1) is 11.6 Å². The Morgan fingerprint density at radius 2 is 2.16 bits per heavy atom. The second-order valence-corrected chi connectivity index (χ2v) is 5.41. The smallest absolute Gasteiger partial charge is 0.142 e. The second kappa shape index (κ2) is 7.32. The van der Waals surface area contributed by atoms with E-state index in [9.17, 15) is 4.39 Å². The lowest BCUT2D eigenvalue weighted by Crippen LogP contribution is -2.22. The molecule has 0 aromatic heterocycles. The SMILES string of the molecule is CCC(N)Cc1cc(F)c(Cl)cc1OCC1CC1.Cl. The first kappa shape index (κ1) is 16.5. The Kier molecular flexibility index (Phi) is 6.37. The molecule has 1 aliphatic rings. The fourth-order valence-electron chi connectivity index (χ4n) is 1.78. The van der Waals surface area contributed by atoms with Crippen LogP contribution in [0.3, 0.4) is 0 Å². The predicted molar refractivity (Wildman–Crippen MR) is 78.8 cm³/mol. The topological polar surface area (TPSA) is 35.2 Å². The normalized spacial score (nSPS) is 15.8. The Labute approximate surface area is 124 Å². The lowest BCUT2D eigenvalue weighted by Gasteiger charge is -2.15. The van der Waals surface area contributed by atoms with Crippen LogP contribution >= 0.6 is 24.0 Å². The van der Waals surface area contributed by atoms with Gasteiger partial charge in [-0.1, -0.05) is 18.5 Å². The summed E-state index contributed by atoms with van der Waals surface area (Å²) >= 11 is 5.80. The first-order chi connectivity index (χ1) is 8.60. The van der Waals surface area contributed by atoms with Crippen LogP contribution in [-0.2, 0) is 6.42 Å². The zero-order valence-corrected chi connectivity index (χ0v) is 12.6. The van der Waals surface area contributed by atoms with E-state index in [0.29, 0.717) is 24.7 Å². The van der Waals surface area contributed by atoms with Gasteiger partial charge in [-0.05, 0) is 43.2 Å². The van der Waals surface area contributed by atoms with E-state index < -0.39 is 5.82 Å². The molecule has 5 heteroatoms. The fourth-order valence-corrected chi connectivity index (χ4v) is 1.94. The van der Waals surface area contributed by atoms with Gasteiger partial charge in [0.15, 0.2) is 0 Å². The van der Waals surface area contributed by atoms with Gasteiger partial charge in [-0.15, -0.1) is 12.4 Å². The monoisotopic (exact) mass is 307 g/mol. The van der Waals surface area contributed by atoms with Gasteiger partial charge in [0.25, 0.3) is 0 Å². The maximum absolute atomic E-state index is 13.5. The molecule has 0 bridgehead atoms. The molecule has 1 aromatic carbocycles. The molecule has 0 spiro atoms. The third-order valence-corrected chi connectivity index (χ3v) is 3.57. The summed E-state index contributed by atoms with van der Waals surface area (Å²) in [6.07, 6.45) is 3.91. The average Bonchev–Trinajstić information content (AvgIpc) is 3.15.